The van der Waals surface area contributed by atoms with E-state index in [4.69, 9.17) is 11.5 Å². The van der Waals surface area contributed by atoms with Crippen molar-refractivity contribution in [2.24, 2.45) is 5.73 Å². The SMILES string of the molecule is NC(=O)OCCNC(=O)c1nc(N)n[nH]1. The number of nitrogens with one attached hydrogen (secondary N) is 2. The second kappa shape index (κ2) is 4.79. The van der Waals surface area contributed by atoms with Crippen LogP contribution in [0, 0.1) is 0 Å². The molecule has 0 saturated heterocycles. The topological polar surface area (TPSA) is 149 Å². The average Bonchev–Trinajstić information content (AvgIpc) is 2.59. The fourth-order valence-electron chi connectivity index (χ4n) is 0.776. The Labute approximate surface area is 84.2 Å². The molecule has 82 valence electrons. The third kappa shape index (κ3) is 3.50. The molecule has 2 amide bonds. The summed E-state index contributed by atoms with van der Waals surface area (Å²) >= 11 is 0. The van der Waals surface area contributed by atoms with E-state index >= 15 is 0 Å². The molecule has 0 unspecified atom stereocenters. The Bertz CT molecular complexity index is 362. The highest BCUT2D eigenvalue weighted by atomic mass is 16.5. The normalized spacial score (nSPS) is 9.60. The highest BCUT2D eigenvalue weighted by molar-refractivity contribution is 5.90. The minimum absolute atomic E-state index is 0.00780. The number of anilines is 1. The largest absolute Gasteiger partial charge is 0.448 e. The van der Waals surface area contributed by atoms with Gasteiger partial charge in [0, 0.05) is 0 Å². The first-order valence-corrected chi connectivity index (χ1v) is 3.98. The first kappa shape index (κ1) is 10.8. The van der Waals surface area contributed by atoms with E-state index < -0.39 is 12.0 Å². The van der Waals surface area contributed by atoms with Crippen LogP contribution in [0.25, 0.3) is 0 Å². The molecule has 6 N–H and O–H groups in total. The average molecular weight is 214 g/mol. The van der Waals surface area contributed by atoms with Crippen molar-refractivity contribution < 1.29 is 14.3 Å². The number of nitrogen functional groups attached to an aromatic ring is 1. The molecule has 0 atom stereocenters. The second-order valence-electron chi connectivity index (χ2n) is 2.47. The number of hydrogen-bond donors (Lipinski definition) is 4. The van der Waals surface area contributed by atoms with Crippen molar-refractivity contribution >= 4 is 17.9 Å². The van der Waals surface area contributed by atoms with Gasteiger partial charge in [0.05, 0.1) is 6.54 Å². The van der Waals surface area contributed by atoms with Gasteiger partial charge in [-0.1, -0.05) is 0 Å². The van der Waals surface area contributed by atoms with E-state index in [1.807, 2.05) is 0 Å². The number of carbonyl (C=O) groups excluding carboxylic acids is 2. The van der Waals surface area contributed by atoms with Crippen LogP contribution in [-0.2, 0) is 4.74 Å². The number of aromatic nitrogens is 3. The molecule has 9 heteroatoms. The minimum atomic E-state index is -0.895. The molecule has 0 aliphatic carbocycles. The molecule has 0 fully saturated rings. The Morgan fingerprint density at radius 2 is 2.27 bits per heavy atom. The summed E-state index contributed by atoms with van der Waals surface area (Å²) in [5.74, 6) is -0.521. The van der Waals surface area contributed by atoms with E-state index in [2.05, 4.69) is 25.2 Å². The molecule has 0 aromatic carbocycles. The monoisotopic (exact) mass is 214 g/mol. The molecule has 0 aliphatic heterocycles. The molecular weight excluding hydrogens is 204 g/mol. The first-order chi connectivity index (χ1) is 7.09. The number of nitrogens with two attached hydrogens (primary N) is 2. The summed E-state index contributed by atoms with van der Waals surface area (Å²) in [5, 5.41) is 8.20. The second-order valence-corrected chi connectivity index (χ2v) is 2.47. The number of H-pyrrole nitrogens is 1. The number of aromatic amines is 1. The Morgan fingerprint density at radius 3 is 2.80 bits per heavy atom. The molecule has 9 nitrogen and oxygen atoms in total. The maximum absolute atomic E-state index is 11.2. The number of nitrogens with zero attached hydrogens (tertiary/aromatic N) is 2. The fraction of sp³-hybridized carbons (Fsp3) is 0.333. The molecule has 0 radical (unpaired) electrons. The van der Waals surface area contributed by atoms with E-state index in [-0.39, 0.29) is 24.9 Å². The van der Waals surface area contributed by atoms with E-state index in [0.717, 1.165) is 0 Å². The molecule has 1 aromatic rings. The number of primary amides is 1. The van der Waals surface area contributed by atoms with E-state index in [1.165, 1.54) is 0 Å². The van der Waals surface area contributed by atoms with Crippen molar-refractivity contribution in [1.29, 1.82) is 0 Å². The third-order valence-corrected chi connectivity index (χ3v) is 1.35. The van der Waals surface area contributed by atoms with Crippen LogP contribution >= 0.6 is 0 Å². The van der Waals surface area contributed by atoms with E-state index in [0.29, 0.717) is 0 Å². The predicted octanol–water partition coefficient (Wildman–Crippen LogP) is -1.79. The number of carbonyl (C=O) groups is 2. The van der Waals surface area contributed by atoms with Gasteiger partial charge in [-0.3, -0.25) is 9.89 Å². The third-order valence-electron chi connectivity index (χ3n) is 1.35. The van der Waals surface area contributed by atoms with Gasteiger partial charge in [0.1, 0.15) is 6.61 Å². The molecule has 1 rings (SSSR count). The quantitative estimate of drug-likeness (QED) is 0.435. The van der Waals surface area contributed by atoms with Gasteiger partial charge in [-0.05, 0) is 0 Å². The van der Waals surface area contributed by atoms with Crippen LogP contribution < -0.4 is 16.8 Å². The lowest BCUT2D eigenvalue weighted by Crippen LogP contribution is -2.29. The zero-order valence-corrected chi connectivity index (χ0v) is 7.69. The van der Waals surface area contributed by atoms with Crippen molar-refractivity contribution in [1.82, 2.24) is 20.5 Å². The van der Waals surface area contributed by atoms with Gasteiger partial charge in [-0.25, -0.2) is 4.79 Å². The van der Waals surface area contributed by atoms with Crippen LogP contribution in [0.1, 0.15) is 10.6 Å². The summed E-state index contributed by atoms with van der Waals surface area (Å²) in [7, 11) is 0. The van der Waals surface area contributed by atoms with Gasteiger partial charge >= 0.3 is 6.09 Å². The van der Waals surface area contributed by atoms with Gasteiger partial charge in [0.2, 0.25) is 11.8 Å². The molecule has 1 aromatic heterocycles. The molecule has 0 aliphatic rings. The van der Waals surface area contributed by atoms with Crippen LogP contribution in [0.5, 0.6) is 0 Å². The highest BCUT2D eigenvalue weighted by Gasteiger charge is 2.09. The number of ether oxygens (including phenoxy) is 1. The maximum atomic E-state index is 11.2. The number of rotatable bonds is 4. The molecule has 1 heterocycles. The van der Waals surface area contributed by atoms with Crippen molar-refractivity contribution in [3.05, 3.63) is 5.82 Å². The number of hydrogen-bond acceptors (Lipinski definition) is 6. The summed E-state index contributed by atoms with van der Waals surface area (Å²) < 4.78 is 4.39. The van der Waals surface area contributed by atoms with Crippen LogP contribution in [0.15, 0.2) is 0 Å². The fourth-order valence-corrected chi connectivity index (χ4v) is 0.776. The summed E-state index contributed by atoms with van der Waals surface area (Å²) in [4.78, 5) is 25.0. The van der Waals surface area contributed by atoms with E-state index in [9.17, 15) is 9.59 Å². The van der Waals surface area contributed by atoms with Gasteiger partial charge in [-0.15, -0.1) is 5.10 Å². The zero-order chi connectivity index (χ0) is 11.3. The maximum Gasteiger partial charge on any atom is 0.404 e. The van der Waals surface area contributed by atoms with Crippen LogP contribution in [0.4, 0.5) is 10.7 Å². The summed E-state index contributed by atoms with van der Waals surface area (Å²) in [6.45, 7) is 0.118. The summed E-state index contributed by atoms with van der Waals surface area (Å²) in [6.07, 6.45) is -0.895. The molecule has 0 spiro atoms. The lowest BCUT2D eigenvalue weighted by atomic mass is 10.5. The minimum Gasteiger partial charge on any atom is -0.448 e. The smallest absolute Gasteiger partial charge is 0.404 e. The van der Waals surface area contributed by atoms with Crippen molar-refractivity contribution in [3.8, 4) is 0 Å². The lowest BCUT2D eigenvalue weighted by molar-refractivity contribution is 0.0927. The summed E-state index contributed by atoms with van der Waals surface area (Å²) in [5.41, 5.74) is 9.90. The van der Waals surface area contributed by atoms with Crippen molar-refractivity contribution in [2.75, 3.05) is 18.9 Å². The van der Waals surface area contributed by atoms with Gasteiger partial charge in [-0.2, -0.15) is 4.98 Å². The Hall–Kier alpha value is -2.32. The summed E-state index contributed by atoms with van der Waals surface area (Å²) in [6, 6.07) is 0. The predicted molar refractivity (Wildman–Crippen MR) is 48.7 cm³/mol. The lowest BCUT2D eigenvalue weighted by Gasteiger charge is -2.02. The Kier molecular flexibility index (Phi) is 3.43. The van der Waals surface area contributed by atoms with Crippen LogP contribution in [0.3, 0.4) is 0 Å². The number of amides is 2. The standard InChI is InChI=1S/C6H10N6O3/c7-5-10-3(11-12-5)4(13)9-1-2-15-6(8)14/h1-2H2,(H2,8,14)(H,9,13)(H3,7,10,11,12). The van der Waals surface area contributed by atoms with Gasteiger partial charge in [0.15, 0.2) is 0 Å². The molecule has 0 saturated carbocycles. The molecule has 0 bridgehead atoms. The van der Waals surface area contributed by atoms with E-state index in [1.54, 1.807) is 0 Å². The zero-order valence-electron chi connectivity index (χ0n) is 7.69. The van der Waals surface area contributed by atoms with Crippen molar-refractivity contribution in [2.45, 2.75) is 0 Å². The first-order valence-electron chi connectivity index (χ1n) is 3.98. The van der Waals surface area contributed by atoms with Crippen LogP contribution in [-0.4, -0.2) is 40.3 Å². The van der Waals surface area contributed by atoms with Crippen LogP contribution in [0.2, 0.25) is 0 Å². The Balaban J connectivity index is 2.28. The molecule has 15 heavy (non-hydrogen) atoms. The molecular formula is C6H10N6O3. The van der Waals surface area contributed by atoms with Crippen molar-refractivity contribution in [3.63, 3.8) is 0 Å². The van der Waals surface area contributed by atoms with Gasteiger partial charge in [0.25, 0.3) is 5.91 Å². The van der Waals surface area contributed by atoms with Gasteiger partial charge < -0.3 is 21.5 Å². The highest BCUT2D eigenvalue weighted by Crippen LogP contribution is 1.91. The Morgan fingerprint density at radius 1 is 1.53 bits per heavy atom.